The lowest BCUT2D eigenvalue weighted by molar-refractivity contribution is -0.161. The number of esters is 4. The Hall–Kier alpha value is -1.94. The number of phosphoric ester groups is 2. The average Bonchev–Trinajstić information content (AvgIpc) is 3.69. The maximum atomic E-state index is 13.0. The fourth-order valence-corrected chi connectivity index (χ4v) is 11.9. The molecule has 0 fully saturated rings. The molecule has 0 aromatic heterocycles. The number of carbonyl (C=O) groups is 4. The Balaban J connectivity index is 5.23. The van der Waals surface area contributed by atoms with Gasteiger partial charge in [0.2, 0.25) is 0 Å². The van der Waals surface area contributed by atoms with Gasteiger partial charge in [-0.3, -0.25) is 37.3 Å². The molecule has 17 nitrogen and oxygen atoms in total. The summed E-state index contributed by atoms with van der Waals surface area (Å²) in [7, 11) is -9.90. The van der Waals surface area contributed by atoms with Crippen LogP contribution in [0.25, 0.3) is 0 Å². The molecule has 0 aromatic rings. The molecule has 0 bridgehead atoms. The molecule has 0 rings (SSSR count). The Morgan fingerprint density at radius 3 is 0.705 bits per heavy atom. The number of rotatable bonds is 66. The van der Waals surface area contributed by atoms with E-state index in [0.717, 1.165) is 108 Å². The quantitative estimate of drug-likeness (QED) is 0.0222. The van der Waals surface area contributed by atoms with Crippen molar-refractivity contribution >= 4 is 39.5 Å². The standard InChI is InChI=1S/C69H134O17P2/c1-59(2)45-37-29-21-17-13-10-9-11-15-20-24-35-43-51-68(73)85-64(55-79-66(71)49-41-33-23-19-16-12-14-18-22-30-38-46-60(3)4)57-83-87(75,76)81-53-63(70)54-82-88(77,78)84-58-65(86-69(74)52-44-36-28-26-32-40-48-62(7)8)56-80-67(72)50-42-34-27-25-31-39-47-61(5)6/h59-65,70H,9-58H2,1-8H3,(H,75,76)(H,77,78)/t63-,64-,65-/m1/s1. The van der Waals surface area contributed by atoms with Gasteiger partial charge in [0.25, 0.3) is 0 Å². The van der Waals surface area contributed by atoms with Crippen LogP contribution in [0.2, 0.25) is 0 Å². The molecular weight excluding hydrogens is 1160 g/mol. The normalized spacial score (nSPS) is 14.3. The highest BCUT2D eigenvalue weighted by atomic mass is 31.2. The van der Waals surface area contributed by atoms with Crippen molar-refractivity contribution in [2.75, 3.05) is 39.6 Å². The van der Waals surface area contributed by atoms with Crippen molar-refractivity contribution < 1.29 is 80.2 Å². The third-order valence-corrected chi connectivity index (χ3v) is 17.7. The molecule has 0 saturated heterocycles. The predicted octanol–water partition coefficient (Wildman–Crippen LogP) is 19.3. The van der Waals surface area contributed by atoms with Crippen molar-refractivity contribution in [3.05, 3.63) is 0 Å². The van der Waals surface area contributed by atoms with Crippen molar-refractivity contribution in [3.63, 3.8) is 0 Å². The van der Waals surface area contributed by atoms with Crippen molar-refractivity contribution in [2.24, 2.45) is 23.7 Å². The van der Waals surface area contributed by atoms with E-state index < -0.39 is 97.5 Å². The molecule has 5 atom stereocenters. The number of aliphatic hydroxyl groups excluding tert-OH is 1. The van der Waals surface area contributed by atoms with Gasteiger partial charge in [0.15, 0.2) is 12.2 Å². The minimum atomic E-state index is -4.95. The lowest BCUT2D eigenvalue weighted by atomic mass is 10.0. The number of unbranched alkanes of at least 4 members (excludes halogenated alkanes) is 32. The molecule has 0 amide bonds. The van der Waals surface area contributed by atoms with E-state index in [1.807, 2.05) is 0 Å². The molecule has 0 aliphatic rings. The molecule has 0 aliphatic carbocycles. The molecule has 3 N–H and O–H groups in total. The Bertz CT molecular complexity index is 1750. The second kappa shape index (κ2) is 58.8. The highest BCUT2D eigenvalue weighted by Gasteiger charge is 2.30. The fourth-order valence-electron chi connectivity index (χ4n) is 10.3. The molecule has 0 saturated carbocycles. The molecule has 0 aromatic carbocycles. The summed E-state index contributed by atoms with van der Waals surface area (Å²) in [6.07, 6.45) is 40.6. The highest BCUT2D eigenvalue weighted by molar-refractivity contribution is 7.47. The monoisotopic (exact) mass is 1300 g/mol. The van der Waals surface area contributed by atoms with Crippen LogP contribution in [-0.2, 0) is 65.4 Å². The molecule has 2 unspecified atom stereocenters. The summed E-state index contributed by atoms with van der Waals surface area (Å²) < 4.78 is 68.2. The van der Waals surface area contributed by atoms with Gasteiger partial charge in [0.1, 0.15) is 19.3 Å². The highest BCUT2D eigenvalue weighted by Crippen LogP contribution is 2.45. The first-order valence-corrected chi connectivity index (χ1v) is 38.7. The zero-order chi connectivity index (χ0) is 65.4. The average molecular weight is 1300 g/mol. The topological polar surface area (TPSA) is 237 Å². The summed E-state index contributed by atoms with van der Waals surface area (Å²) in [5, 5.41) is 10.6. The summed E-state index contributed by atoms with van der Waals surface area (Å²) in [6, 6.07) is 0. The Kier molecular flexibility index (Phi) is 57.6. The van der Waals surface area contributed by atoms with Gasteiger partial charge < -0.3 is 33.8 Å². The fraction of sp³-hybridized carbons (Fsp3) is 0.942. The van der Waals surface area contributed by atoms with Gasteiger partial charge in [-0.05, 0) is 49.4 Å². The van der Waals surface area contributed by atoms with Gasteiger partial charge in [-0.2, -0.15) is 0 Å². The summed E-state index contributed by atoms with van der Waals surface area (Å²) in [5.74, 6) is 0.770. The zero-order valence-corrected chi connectivity index (χ0v) is 59.1. The van der Waals surface area contributed by atoms with Crippen molar-refractivity contribution in [3.8, 4) is 0 Å². The minimum absolute atomic E-state index is 0.101. The summed E-state index contributed by atoms with van der Waals surface area (Å²) >= 11 is 0. The van der Waals surface area contributed by atoms with Gasteiger partial charge in [-0.25, -0.2) is 9.13 Å². The van der Waals surface area contributed by atoms with E-state index in [0.29, 0.717) is 37.5 Å². The van der Waals surface area contributed by atoms with Crippen LogP contribution in [-0.4, -0.2) is 96.7 Å². The van der Waals surface area contributed by atoms with E-state index >= 15 is 0 Å². The summed E-state index contributed by atoms with van der Waals surface area (Å²) in [6.45, 7) is 14.0. The minimum Gasteiger partial charge on any atom is -0.462 e. The number of hydrogen-bond acceptors (Lipinski definition) is 15. The van der Waals surface area contributed by atoms with Crippen LogP contribution in [0.5, 0.6) is 0 Å². The van der Waals surface area contributed by atoms with Gasteiger partial charge >= 0.3 is 39.5 Å². The van der Waals surface area contributed by atoms with E-state index in [-0.39, 0.29) is 25.7 Å². The third kappa shape index (κ3) is 62.8. The first-order valence-electron chi connectivity index (χ1n) is 35.7. The van der Waals surface area contributed by atoms with E-state index in [1.165, 1.54) is 135 Å². The zero-order valence-electron chi connectivity index (χ0n) is 57.3. The van der Waals surface area contributed by atoms with Crippen LogP contribution in [0.4, 0.5) is 0 Å². The van der Waals surface area contributed by atoms with Crippen molar-refractivity contribution in [1.82, 2.24) is 0 Å². The van der Waals surface area contributed by atoms with Crippen LogP contribution >= 0.6 is 15.6 Å². The molecular formula is C69H134O17P2. The molecule has 522 valence electrons. The van der Waals surface area contributed by atoms with Gasteiger partial charge in [-0.1, -0.05) is 287 Å². The van der Waals surface area contributed by atoms with E-state index in [9.17, 15) is 43.2 Å². The maximum absolute atomic E-state index is 13.0. The second-order valence-electron chi connectivity index (χ2n) is 26.8. The van der Waals surface area contributed by atoms with Crippen LogP contribution < -0.4 is 0 Å². The van der Waals surface area contributed by atoms with E-state index in [1.54, 1.807) is 0 Å². The Morgan fingerprint density at radius 1 is 0.284 bits per heavy atom. The van der Waals surface area contributed by atoms with Gasteiger partial charge in [0, 0.05) is 25.7 Å². The molecule has 0 radical (unpaired) electrons. The molecule has 88 heavy (non-hydrogen) atoms. The van der Waals surface area contributed by atoms with E-state index in [4.69, 9.17) is 37.0 Å². The molecule has 0 aliphatic heterocycles. The Labute approximate surface area is 537 Å². The number of carbonyl (C=O) groups excluding carboxylic acids is 4. The van der Waals surface area contributed by atoms with Gasteiger partial charge in [0.05, 0.1) is 26.4 Å². The lowest BCUT2D eigenvalue weighted by Gasteiger charge is -2.21. The van der Waals surface area contributed by atoms with Crippen LogP contribution in [0.15, 0.2) is 0 Å². The third-order valence-electron chi connectivity index (χ3n) is 15.8. The number of ether oxygens (including phenoxy) is 4. The molecule has 0 heterocycles. The van der Waals surface area contributed by atoms with Crippen LogP contribution in [0, 0.1) is 23.7 Å². The summed E-state index contributed by atoms with van der Waals surface area (Å²) in [5.41, 5.74) is 0. The molecule has 0 spiro atoms. The Morgan fingerprint density at radius 2 is 0.477 bits per heavy atom. The first-order chi connectivity index (χ1) is 42.1. The smallest absolute Gasteiger partial charge is 0.462 e. The largest absolute Gasteiger partial charge is 0.472 e. The first kappa shape index (κ1) is 86.1. The van der Waals surface area contributed by atoms with Crippen molar-refractivity contribution in [1.29, 1.82) is 0 Å². The van der Waals surface area contributed by atoms with E-state index in [2.05, 4.69) is 55.4 Å². The number of phosphoric acid groups is 2. The second-order valence-corrected chi connectivity index (χ2v) is 29.7. The SMILES string of the molecule is CC(C)CCCCCCCCCCCCCCCC(=O)O[C@H](COC(=O)CCCCCCCCCCCCCC(C)C)COP(=O)(O)OC[C@@H](O)COP(=O)(O)OC[C@@H](COC(=O)CCCCCCCCC(C)C)OC(=O)CCCCCCCCC(C)C. The summed E-state index contributed by atoms with van der Waals surface area (Å²) in [4.78, 5) is 72.4. The lowest BCUT2D eigenvalue weighted by Crippen LogP contribution is -2.30. The van der Waals surface area contributed by atoms with Gasteiger partial charge in [-0.15, -0.1) is 0 Å². The predicted molar refractivity (Wildman–Crippen MR) is 354 cm³/mol. The molecule has 19 heteroatoms. The number of aliphatic hydroxyl groups is 1. The van der Waals surface area contributed by atoms with Crippen molar-refractivity contribution in [2.45, 2.75) is 356 Å². The maximum Gasteiger partial charge on any atom is 0.472 e. The number of hydrogen-bond donors (Lipinski definition) is 3. The van der Waals surface area contributed by atoms with Crippen LogP contribution in [0.1, 0.15) is 338 Å². The van der Waals surface area contributed by atoms with Crippen LogP contribution in [0.3, 0.4) is 0 Å².